The second kappa shape index (κ2) is 3.37. The number of nitriles is 1. The van der Waals surface area contributed by atoms with Crippen LogP contribution in [0.25, 0.3) is 10.4 Å². The average molecular weight is 162 g/mol. The molecule has 0 heterocycles. The van der Waals surface area contributed by atoms with Crippen molar-refractivity contribution in [3.8, 4) is 6.07 Å². The first-order chi connectivity index (χ1) is 5.77. The summed E-state index contributed by atoms with van der Waals surface area (Å²) in [6.45, 7) is 0. The lowest BCUT2D eigenvalue weighted by Crippen LogP contribution is -1.80. The SMILES string of the molecule is N#Cc1ccc(N=[N+]=[N-])cc1F. The Kier molecular flexibility index (Phi) is 2.26. The second-order valence-electron chi connectivity index (χ2n) is 1.97. The topological polar surface area (TPSA) is 72.5 Å². The van der Waals surface area contributed by atoms with Gasteiger partial charge in [-0.2, -0.15) is 5.26 Å². The highest BCUT2D eigenvalue weighted by atomic mass is 19.1. The Morgan fingerprint density at radius 3 is 2.83 bits per heavy atom. The number of hydrogen-bond donors (Lipinski definition) is 0. The van der Waals surface area contributed by atoms with Crippen LogP contribution in [0.2, 0.25) is 0 Å². The molecule has 58 valence electrons. The van der Waals surface area contributed by atoms with Gasteiger partial charge < -0.3 is 0 Å². The van der Waals surface area contributed by atoms with E-state index in [0.29, 0.717) is 0 Å². The Morgan fingerprint density at radius 1 is 1.58 bits per heavy atom. The predicted octanol–water partition coefficient (Wildman–Crippen LogP) is 2.64. The molecule has 0 aliphatic heterocycles. The van der Waals surface area contributed by atoms with Crippen LogP contribution >= 0.6 is 0 Å². The zero-order valence-electron chi connectivity index (χ0n) is 5.90. The van der Waals surface area contributed by atoms with E-state index in [2.05, 4.69) is 10.0 Å². The van der Waals surface area contributed by atoms with Crippen LogP contribution in [0, 0.1) is 17.1 Å². The number of halogens is 1. The molecule has 0 atom stereocenters. The molecule has 0 radical (unpaired) electrons. The highest BCUT2D eigenvalue weighted by molar-refractivity contribution is 5.43. The number of azide groups is 1. The van der Waals surface area contributed by atoms with E-state index >= 15 is 0 Å². The fourth-order valence-electron chi connectivity index (χ4n) is 0.709. The van der Waals surface area contributed by atoms with Gasteiger partial charge in [0.05, 0.1) is 5.56 Å². The van der Waals surface area contributed by atoms with Crippen molar-refractivity contribution in [3.05, 3.63) is 40.0 Å². The van der Waals surface area contributed by atoms with E-state index in [1.807, 2.05) is 0 Å². The van der Waals surface area contributed by atoms with Gasteiger partial charge in [0.2, 0.25) is 0 Å². The van der Waals surface area contributed by atoms with Gasteiger partial charge >= 0.3 is 0 Å². The van der Waals surface area contributed by atoms with E-state index < -0.39 is 5.82 Å². The zero-order chi connectivity index (χ0) is 8.97. The van der Waals surface area contributed by atoms with E-state index in [9.17, 15) is 4.39 Å². The third-order valence-electron chi connectivity index (χ3n) is 1.23. The molecule has 4 nitrogen and oxygen atoms in total. The molecule has 0 bridgehead atoms. The summed E-state index contributed by atoms with van der Waals surface area (Å²) in [5.74, 6) is -0.678. The van der Waals surface area contributed by atoms with Gasteiger partial charge in [-0.3, -0.25) is 0 Å². The molecule has 5 heteroatoms. The molecule has 1 rings (SSSR count). The van der Waals surface area contributed by atoms with Crippen molar-refractivity contribution in [1.82, 2.24) is 0 Å². The summed E-state index contributed by atoms with van der Waals surface area (Å²) in [6.07, 6.45) is 0. The summed E-state index contributed by atoms with van der Waals surface area (Å²) in [6, 6.07) is 5.31. The van der Waals surface area contributed by atoms with Crippen molar-refractivity contribution in [3.63, 3.8) is 0 Å². The Morgan fingerprint density at radius 2 is 2.33 bits per heavy atom. The second-order valence-corrected chi connectivity index (χ2v) is 1.97. The lowest BCUT2D eigenvalue weighted by Gasteiger charge is -1.92. The molecule has 0 amide bonds. The maximum absolute atomic E-state index is 12.8. The van der Waals surface area contributed by atoms with Gasteiger partial charge in [0.25, 0.3) is 0 Å². The minimum absolute atomic E-state index is 0.0631. The largest absolute Gasteiger partial charge is 0.206 e. The van der Waals surface area contributed by atoms with Crippen LogP contribution < -0.4 is 0 Å². The fraction of sp³-hybridized carbons (Fsp3) is 0. The van der Waals surface area contributed by atoms with E-state index in [1.54, 1.807) is 6.07 Å². The maximum atomic E-state index is 12.8. The molecule has 0 saturated heterocycles. The van der Waals surface area contributed by atoms with Crippen LogP contribution in [0.1, 0.15) is 5.56 Å². The monoisotopic (exact) mass is 162 g/mol. The third kappa shape index (κ3) is 1.51. The first kappa shape index (κ1) is 8.05. The van der Waals surface area contributed by atoms with Crippen LogP contribution in [-0.4, -0.2) is 0 Å². The lowest BCUT2D eigenvalue weighted by molar-refractivity contribution is 0.624. The Balaban J connectivity index is 3.20. The molecule has 1 aromatic rings. The minimum Gasteiger partial charge on any atom is -0.206 e. The lowest BCUT2D eigenvalue weighted by atomic mass is 10.2. The molecule has 0 spiro atoms. The Labute approximate surface area is 67.5 Å². The maximum Gasteiger partial charge on any atom is 0.141 e. The summed E-state index contributed by atoms with van der Waals surface area (Å²) in [4.78, 5) is 2.48. The van der Waals surface area contributed by atoms with Crippen LogP contribution in [0.15, 0.2) is 23.3 Å². The highest BCUT2D eigenvalue weighted by Crippen LogP contribution is 2.16. The summed E-state index contributed by atoms with van der Waals surface area (Å²) in [5, 5.41) is 11.5. The molecule has 0 aromatic heterocycles. The Bertz CT molecular complexity index is 387. The van der Waals surface area contributed by atoms with Crippen molar-refractivity contribution in [2.75, 3.05) is 0 Å². The molecule has 1 aromatic carbocycles. The first-order valence-electron chi connectivity index (χ1n) is 3.02. The van der Waals surface area contributed by atoms with Crippen LogP contribution in [0.3, 0.4) is 0 Å². The first-order valence-corrected chi connectivity index (χ1v) is 3.02. The molecule has 0 aliphatic carbocycles. The summed E-state index contributed by atoms with van der Waals surface area (Å²) in [5.41, 5.74) is 8.11. The molecule has 0 saturated carbocycles. The number of benzene rings is 1. The van der Waals surface area contributed by atoms with Gasteiger partial charge in [0.1, 0.15) is 11.9 Å². The van der Waals surface area contributed by atoms with Gasteiger partial charge in [0, 0.05) is 10.6 Å². The van der Waals surface area contributed by atoms with Crippen molar-refractivity contribution in [1.29, 1.82) is 5.26 Å². The van der Waals surface area contributed by atoms with Crippen molar-refractivity contribution in [2.24, 2.45) is 5.11 Å². The van der Waals surface area contributed by atoms with Gasteiger partial charge in [-0.1, -0.05) is 11.2 Å². The molecule has 0 unspecified atom stereocenters. The van der Waals surface area contributed by atoms with Crippen molar-refractivity contribution >= 4 is 5.69 Å². The zero-order valence-corrected chi connectivity index (χ0v) is 5.90. The summed E-state index contributed by atoms with van der Waals surface area (Å²) in [7, 11) is 0. The van der Waals surface area contributed by atoms with Gasteiger partial charge in [-0.05, 0) is 17.7 Å². The normalized spacial score (nSPS) is 8.33. The van der Waals surface area contributed by atoms with E-state index in [4.69, 9.17) is 10.8 Å². The van der Waals surface area contributed by atoms with Gasteiger partial charge in [-0.25, -0.2) is 4.39 Å². The standard InChI is InChI=1S/C7H3FN4/c8-7-3-6(11-12-10)2-1-5(7)4-9/h1-3H. The molecular weight excluding hydrogens is 159 g/mol. The molecule has 0 aliphatic rings. The third-order valence-corrected chi connectivity index (χ3v) is 1.23. The van der Waals surface area contributed by atoms with Crippen LogP contribution in [0.4, 0.5) is 10.1 Å². The van der Waals surface area contributed by atoms with Crippen molar-refractivity contribution in [2.45, 2.75) is 0 Å². The highest BCUT2D eigenvalue weighted by Gasteiger charge is 2.00. The summed E-state index contributed by atoms with van der Waals surface area (Å²) >= 11 is 0. The van der Waals surface area contributed by atoms with Crippen LogP contribution in [-0.2, 0) is 0 Å². The van der Waals surface area contributed by atoms with E-state index in [-0.39, 0.29) is 11.3 Å². The van der Waals surface area contributed by atoms with E-state index in [0.717, 1.165) is 6.07 Å². The van der Waals surface area contributed by atoms with Gasteiger partial charge in [0.15, 0.2) is 0 Å². The number of nitrogens with zero attached hydrogens (tertiary/aromatic N) is 4. The van der Waals surface area contributed by atoms with E-state index in [1.165, 1.54) is 12.1 Å². The molecular formula is C7H3FN4. The predicted molar refractivity (Wildman–Crippen MR) is 39.9 cm³/mol. The number of hydrogen-bond acceptors (Lipinski definition) is 2. The van der Waals surface area contributed by atoms with Crippen LogP contribution in [0.5, 0.6) is 0 Å². The molecule has 12 heavy (non-hydrogen) atoms. The average Bonchev–Trinajstić information content (AvgIpc) is 2.05. The van der Waals surface area contributed by atoms with Crippen molar-refractivity contribution < 1.29 is 4.39 Å². The fourth-order valence-corrected chi connectivity index (χ4v) is 0.709. The Hall–Kier alpha value is -2.05. The minimum atomic E-state index is -0.678. The molecule has 0 N–H and O–H groups in total. The number of rotatable bonds is 1. The molecule has 0 fully saturated rings. The quantitative estimate of drug-likeness (QED) is 0.355. The summed E-state index contributed by atoms with van der Waals surface area (Å²) < 4.78 is 12.8. The van der Waals surface area contributed by atoms with Gasteiger partial charge in [-0.15, -0.1) is 0 Å². The smallest absolute Gasteiger partial charge is 0.141 e.